The van der Waals surface area contributed by atoms with Crippen molar-refractivity contribution in [1.29, 1.82) is 0 Å². The molecule has 22 heavy (non-hydrogen) atoms. The first kappa shape index (κ1) is 15.2. The molecule has 3 heterocycles. The molecule has 2 aromatic heterocycles. The molecule has 0 aromatic carbocycles. The van der Waals surface area contributed by atoms with Gasteiger partial charge < -0.3 is 4.90 Å². The molecule has 2 aromatic rings. The van der Waals surface area contributed by atoms with Crippen LogP contribution in [0.1, 0.15) is 36.9 Å². The highest BCUT2D eigenvalue weighted by molar-refractivity contribution is 7.09. The number of nitrogens with zero attached hydrogens (tertiary/aromatic N) is 4. The number of rotatable bonds is 5. The van der Waals surface area contributed by atoms with Crippen LogP contribution in [0.5, 0.6) is 0 Å². The summed E-state index contributed by atoms with van der Waals surface area (Å²) >= 11 is 1.65. The average molecular weight is 318 g/mol. The molecule has 0 aliphatic carbocycles. The Morgan fingerprint density at radius 3 is 3.09 bits per heavy atom. The van der Waals surface area contributed by atoms with Crippen molar-refractivity contribution in [1.82, 2.24) is 19.7 Å². The smallest absolute Gasteiger partial charge is 0.228 e. The number of aromatic nitrogens is 3. The Balaban J connectivity index is 1.65. The van der Waals surface area contributed by atoms with E-state index in [9.17, 15) is 4.79 Å². The predicted molar refractivity (Wildman–Crippen MR) is 86.8 cm³/mol. The molecule has 1 atom stereocenters. The van der Waals surface area contributed by atoms with Gasteiger partial charge >= 0.3 is 0 Å². The first-order chi connectivity index (χ1) is 10.8. The summed E-state index contributed by atoms with van der Waals surface area (Å²) in [5, 5.41) is 7.39. The molecular weight excluding hydrogens is 296 g/mol. The molecule has 1 aliphatic rings. The van der Waals surface area contributed by atoms with Gasteiger partial charge in [-0.2, -0.15) is 5.10 Å². The second-order valence-corrected chi connectivity index (χ2v) is 6.67. The Labute approximate surface area is 135 Å². The van der Waals surface area contributed by atoms with E-state index in [-0.39, 0.29) is 11.9 Å². The number of piperidine rings is 1. The van der Waals surface area contributed by atoms with Crippen LogP contribution in [0, 0.1) is 0 Å². The number of hydrogen-bond acceptors (Lipinski definition) is 4. The van der Waals surface area contributed by atoms with Gasteiger partial charge in [-0.1, -0.05) is 6.92 Å². The lowest BCUT2D eigenvalue weighted by atomic mass is 10.0. The minimum atomic E-state index is 0.199. The van der Waals surface area contributed by atoms with Gasteiger partial charge in [0.15, 0.2) is 0 Å². The maximum absolute atomic E-state index is 12.7. The molecule has 1 amide bonds. The molecule has 0 N–H and O–H groups in total. The maximum Gasteiger partial charge on any atom is 0.228 e. The molecule has 1 saturated heterocycles. The molecule has 0 unspecified atom stereocenters. The summed E-state index contributed by atoms with van der Waals surface area (Å²) in [6.07, 6.45) is 8.45. The third-order valence-corrected chi connectivity index (χ3v) is 5.18. The summed E-state index contributed by atoms with van der Waals surface area (Å²) in [6, 6.07) is 2.18. The number of likely N-dealkylation sites (tertiary alicyclic amines) is 1. The van der Waals surface area contributed by atoms with E-state index in [0.717, 1.165) is 43.1 Å². The molecule has 0 bridgehead atoms. The van der Waals surface area contributed by atoms with Gasteiger partial charge in [0.1, 0.15) is 0 Å². The molecule has 0 saturated carbocycles. The van der Waals surface area contributed by atoms with Gasteiger partial charge in [0.05, 0.1) is 29.7 Å². The summed E-state index contributed by atoms with van der Waals surface area (Å²) in [5.74, 6) is 0.199. The van der Waals surface area contributed by atoms with Crippen LogP contribution >= 0.6 is 11.3 Å². The minimum Gasteiger partial charge on any atom is -0.338 e. The zero-order valence-electron chi connectivity index (χ0n) is 12.9. The minimum absolute atomic E-state index is 0.199. The van der Waals surface area contributed by atoms with E-state index >= 15 is 0 Å². The van der Waals surface area contributed by atoms with Gasteiger partial charge in [0, 0.05) is 24.3 Å². The van der Waals surface area contributed by atoms with E-state index in [1.807, 2.05) is 27.2 Å². The third-order valence-electron chi connectivity index (χ3n) is 4.14. The van der Waals surface area contributed by atoms with Crippen LogP contribution in [0.3, 0.4) is 0 Å². The fraction of sp³-hybridized carbons (Fsp3) is 0.562. The van der Waals surface area contributed by atoms with Crippen molar-refractivity contribution in [2.24, 2.45) is 0 Å². The first-order valence-corrected chi connectivity index (χ1v) is 8.84. The topological polar surface area (TPSA) is 51.0 Å². The lowest BCUT2D eigenvalue weighted by molar-refractivity contribution is -0.134. The molecule has 1 fully saturated rings. The Bertz CT molecular complexity index is 607. The number of amides is 1. The summed E-state index contributed by atoms with van der Waals surface area (Å²) < 4.78 is 1.92. The highest BCUT2D eigenvalue weighted by Gasteiger charge is 2.27. The molecule has 3 rings (SSSR count). The van der Waals surface area contributed by atoms with E-state index in [2.05, 4.69) is 17.0 Å². The molecule has 118 valence electrons. The Morgan fingerprint density at radius 2 is 2.36 bits per heavy atom. The molecular formula is C16H22N4OS. The zero-order valence-corrected chi connectivity index (χ0v) is 13.8. The van der Waals surface area contributed by atoms with E-state index < -0.39 is 0 Å². The van der Waals surface area contributed by atoms with Gasteiger partial charge in [0.25, 0.3) is 0 Å². The van der Waals surface area contributed by atoms with Crippen molar-refractivity contribution in [3.63, 3.8) is 0 Å². The van der Waals surface area contributed by atoms with Gasteiger partial charge in [0.2, 0.25) is 5.91 Å². The van der Waals surface area contributed by atoms with Crippen LogP contribution < -0.4 is 0 Å². The van der Waals surface area contributed by atoms with Crippen LogP contribution in [-0.2, 0) is 24.2 Å². The lowest BCUT2D eigenvalue weighted by Gasteiger charge is -2.35. The first-order valence-electron chi connectivity index (χ1n) is 7.96. The largest absolute Gasteiger partial charge is 0.338 e. The van der Waals surface area contributed by atoms with Crippen LogP contribution in [0.15, 0.2) is 23.8 Å². The maximum atomic E-state index is 12.7. The highest BCUT2D eigenvalue weighted by atomic mass is 32.1. The van der Waals surface area contributed by atoms with Gasteiger partial charge in [-0.3, -0.25) is 9.48 Å². The number of carbonyl (C=O) groups is 1. The summed E-state index contributed by atoms with van der Waals surface area (Å²) in [4.78, 5) is 19.2. The van der Waals surface area contributed by atoms with Crippen LogP contribution in [0.4, 0.5) is 0 Å². The Hall–Kier alpha value is -1.69. The van der Waals surface area contributed by atoms with Gasteiger partial charge in [-0.05, 0) is 31.7 Å². The van der Waals surface area contributed by atoms with Crippen molar-refractivity contribution in [2.45, 2.75) is 51.6 Å². The van der Waals surface area contributed by atoms with Crippen molar-refractivity contribution in [2.75, 3.05) is 6.54 Å². The van der Waals surface area contributed by atoms with E-state index in [4.69, 9.17) is 0 Å². The van der Waals surface area contributed by atoms with Crippen LogP contribution in [0.2, 0.25) is 0 Å². The predicted octanol–water partition coefficient (Wildman–Crippen LogP) is 2.53. The van der Waals surface area contributed by atoms with Crippen molar-refractivity contribution in [3.8, 4) is 0 Å². The highest BCUT2D eigenvalue weighted by Crippen LogP contribution is 2.20. The lowest BCUT2D eigenvalue weighted by Crippen LogP contribution is -2.46. The fourth-order valence-corrected chi connectivity index (χ4v) is 3.74. The number of carbonyl (C=O) groups excluding carboxylic acids is 1. The van der Waals surface area contributed by atoms with Crippen LogP contribution in [0.25, 0.3) is 0 Å². The zero-order chi connectivity index (χ0) is 15.4. The van der Waals surface area contributed by atoms with Crippen molar-refractivity contribution >= 4 is 17.2 Å². The summed E-state index contributed by atoms with van der Waals surface area (Å²) in [6.45, 7) is 3.74. The summed E-state index contributed by atoms with van der Waals surface area (Å²) in [7, 11) is 0. The number of hydrogen-bond donors (Lipinski definition) is 0. The normalized spacial score (nSPS) is 18.6. The average Bonchev–Trinajstić information content (AvgIpc) is 3.19. The van der Waals surface area contributed by atoms with E-state index in [1.54, 1.807) is 17.5 Å². The summed E-state index contributed by atoms with van der Waals surface area (Å²) in [5.41, 5.74) is 0.912. The van der Waals surface area contributed by atoms with Gasteiger partial charge in [-0.15, -0.1) is 11.3 Å². The van der Waals surface area contributed by atoms with E-state index in [1.165, 1.54) is 6.42 Å². The van der Waals surface area contributed by atoms with E-state index in [0.29, 0.717) is 6.42 Å². The Kier molecular flexibility index (Phi) is 4.87. The monoisotopic (exact) mass is 318 g/mol. The standard InChI is InChI=1S/C16H22N4OS/c1-2-15-18-13(12-22-15)10-16(21)20-9-4-3-6-14(20)11-19-8-5-7-17-19/h5,7-8,12,14H,2-4,6,9-11H2,1H3/t14-/m1/s1. The van der Waals surface area contributed by atoms with Crippen molar-refractivity contribution in [3.05, 3.63) is 34.5 Å². The van der Waals surface area contributed by atoms with Crippen molar-refractivity contribution < 1.29 is 4.79 Å². The van der Waals surface area contributed by atoms with Gasteiger partial charge in [-0.25, -0.2) is 4.98 Å². The second-order valence-electron chi connectivity index (χ2n) is 5.73. The molecule has 0 radical (unpaired) electrons. The molecule has 1 aliphatic heterocycles. The van der Waals surface area contributed by atoms with Crippen LogP contribution in [-0.4, -0.2) is 38.2 Å². The Morgan fingerprint density at radius 1 is 1.45 bits per heavy atom. The second kappa shape index (κ2) is 7.05. The quantitative estimate of drug-likeness (QED) is 0.851. The number of thiazole rings is 1. The molecule has 0 spiro atoms. The fourth-order valence-electron chi connectivity index (χ4n) is 2.99. The SMILES string of the molecule is CCc1nc(CC(=O)N2CCCC[C@@H]2Cn2cccn2)cs1. The molecule has 6 heteroatoms. The third kappa shape index (κ3) is 3.55. The number of aryl methyl sites for hydroxylation is 1. The molecule has 5 nitrogen and oxygen atoms in total.